The van der Waals surface area contributed by atoms with Crippen LogP contribution >= 0.6 is 0 Å². The fourth-order valence-corrected chi connectivity index (χ4v) is 4.94. The number of aromatic amines is 1. The third kappa shape index (κ3) is 4.32. The minimum Gasteiger partial charge on any atom is -0.497 e. The Balaban J connectivity index is 1.52. The number of carbonyl (C=O) groups is 1. The molecule has 1 aliphatic heterocycles. The molecule has 1 unspecified atom stereocenters. The molecule has 8 nitrogen and oxygen atoms in total. The van der Waals surface area contributed by atoms with E-state index in [1.807, 2.05) is 48.4 Å². The van der Waals surface area contributed by atoms with Crippen LogP contribution in [-0.4, -0.2) is 48.3 Å². The second-order valence-electron chi connectivity index (χ2n) is 8.55. The Labute approximate surface area is 203 Å². The zero-order chi connectivity index (χ0) is 24.4. The third-order valence-corrected chi connectivity index (χ3v) is 6.66. The van der Waals surface area contributed by atoms with Crippen LogP contribution in [0.5, 0.6) is 17.2 Å². The molecule has 0 bridgehead atoms. The van der Waals surface area contributed by atoms with Crippen molar-refractivity contribution in [1.82, 2.24) is 15.0 Å². The molecule has 2 aromatic carbocycles. The van der Waals surface area contributed by atoms with Gasteiger partial charge in [-0.15, -0.1) is 0 Å². The van der Waals surface area contributed by atoms with Crippen LogP contribution in [0.15, 0.2) is 53.4 Å². The number of benzene rings is 2. The maximum absolute atomic E-state index is 13.4. The maximum Gasteiger partial charge on any atom is 0.276 e. The molecule has 2 aromatic heterocycles. The van der Waals surface area contributed by atoms with Gasteiger partial charge in [-0.2, -0.15) is 0 Å². The van der Waals surface area contributed by atoms with Crippen LogP contribution in [0.1, 0.15) is 46.6 Å². The highest BCUT2D eigenvalue weighted by Gasteiger charge is 2.33. The molecular weight excluding hydrogens is 446 g/mol. The molecule has 182 valence electrons. The van der Waals surface area contributed by atoms with Crippen molar-refractivity contribution in [3.05, 3.63) is 71.2 Å². The predicted molar refractivity (Wildman–Crippen MR) is 131 cm³/mol. The maximum atomic E-state index is 13.4. The molecule has 0 aliphatic carbocycles. The number of aryl methyl sites for hydroxylation is 1. The summed E-state index contributed by atoms with van der Waals surface area (Å²) in [6.07, 6.45) is 5.70. The van der Waals surface area contributed by atoms with Gasteiger partial charge in [0.15, 0.2) is 17.2 Å². The Morgan fingerprint density at radius 2 is 2.06 bits per heavy atom. The summed E-state index contributed by atoms with van der Waals surface area (Å²) < 4.78 is 21.8. The Hall–Kier alpha value is -3.94. The van der Waals surface area contributed by atoms with E-state index in [9.17, 15) is 4.79 Å². The number of H-pyrrole nitrogens is 1. The lowest BCUT2D eigenvalue weighted by molar-refractivity contribution is 0.0639. The number of carbonyl (C=O) groups excluding carboxylic acids is 1. The molecule has 4 aromatic rings. The van der Waals surface area contributed by atoms with Crippen molar-refractivity contribution in [3.8, 4) is 17.2 Å². The smallest absolute Gasteiger partial charge is 0.276 e. The van der Waals surface area contributed by atoms with Crippen LogP contribution < -0.4 is 14.2 Å². The Morgan fingerprint density at radius 1 is 1.17 bits per heavy atom. The van der Waals surface area contributed by atoms with Crippen molar-refractivity contribution in [1.29, 1.82) is 0 Å². The molecule has 0 spiro atoms. The molecule has 1 atom stereocenters. The van der Waals surface area contributed by atoms with Gasteiger partial charge in [0, 0.05) is 29.7 Å². The van der Waals surface area contributed by atoms with Gasteiger partial charge >= 0.3 is 0 Å². The summed E-state index contributed by atoms with van der Waals surface area (Å²) in [5.74, 6) is 2.08. The molecule has 5 rings (SSSR count). The molecule has 3 heterocycles. The topological polar surface area (TPSA) is 89.8 Å². The minimum atomic E-state index is -0.149. The number of amides is 1. The second-order valence-corrected chi connectivity index (χ2v) is 8.55. The lowest BCUT2D eigenvalue weighted by Gasteiger charge is -2.37. The highest BCUT2D eigenvalue weighted by molar-refractivity contribution is 5.92. The van der Waals surface area contributed by atoms with Gasteiger partial charge in [0.2, 0.25) is 0 Å². The normalized spacial score (nSPS) is 15.2. The van der Waals surface area contributed by atoms with Gasteiger partial charge < -0.3 is 28.6 Å². The minimum absolute atomic E-state index is 0.135. The van der Waals surface area contributed by atoms with Crippen molar-refractivity contribution in [2.45, 2.75) is 32.2 Å². The van der Waals surface area contributed by atoms with Gasteiger partial charge in [0.1, 0.15) is 12.0 Å². The van der Waals surface area contributed by atoms with Crippen molar-refractivity contribution >= 4 is 16.8 Å². The zero-order valence-electron chi connectivity index (χ0n) is 20.2. The number of nitrogens with one attached hydrogen (secondary N) is 1. The number of hydrogen-bond donors (Lipinski definition) is 1. The van der Waals surface area contributed by atoms with Crippen molar-refractivity contribution < 1.29 is 23.5 Å². The average Bonchev–Trinajstić information content (AvgIpc) is 3.56. The number of aromatic nitrogens is 2. The lowest BCUT2D eigenvalue weighted by Crippen LogP contribution is -2.40. The number of rotatable bonds is 8. The fourth-order valence-electron chi connectivity index (χ4n) is 4.94. The van der Waals surface area contributed by atoms with E-state index < -0.39 is 0 Å². The summed E-state index contributed by atoms with van der Waals surface area (Å²) in [5.41, 5.74) is 4.80. The van der Waals surface area contributed by atoms with E-state index in [-0.39, 0.29) is 11.9 Å². The average molecular weight is 476 g/mol. The summed E-state index contributed by atoms with van der Waals surface area (Å²) >= 11 is 0. The van der Waals surface area contributed by atoms with Gasteiger partial charge in [0.05, 0.1) is 26.9 Å². The van der Waals surface area contributed by atoms with Crippen LogP contribution in [0.3, 0.4) is 0 Å². The first-order chi connectivity index (χ1) is 17.1. The molecule has 0 fully saturated rings. The molecule has 1 aliphatic rings. The Kier molecular flexibility index (Phi) is 6.35. The standard InChI is InChI=1S/C27H29N3O5/c1-4-34-26-15-21-17(13-25(26)33-3)9-11-30(27(31)23-10-12-35-29-23)24(21)8-5-18-16-28-22-7-6-19(32-2)14-20(18)22/h6-7,10,12-16,24,28H,4-5,8-9,11H2,1-3H3. The van der Waals surface area contributed by atoms with Gasteiger partial charge in [-0.3, -0.25) is 4.79 Å². The molecular formula is C27H29N3O5. The van der Waals surface area contributed by atoms with E-state index in [1.165, 1.54) is 17.4 Å². The summed E-state index contributed by atoms with van der Waals surface area (Å²) in [6.45, 7) is 3.06. The van der Waals surface area contributed by atoms with Crippen LogP contribution in [0.4, 0.5) is 0 Å². The van der Waals surface area contributed by atoms with E-state index in [2.05, 4.69) is 10.1 Å². The first-order valence-electron chi connectivity index (χ1n) is 11.8. The monoisotopic (exact) mass is 475 g/mol. The first kappa shape index (κ1) is 22.8. The molecule has 0 radical (unpaired) electrons. The quantitative estimate of drug-likeness (QED) is 0.388. The lowest BCUT2D eigenvalue weighted by atomic mass is 9.88. The summed E-state index contributed by atoms with van der Waals surface area (Å²) in [4.78, 5) is 18.6. The molecule has 0 saturated heterocycles. The van der Waals surface area contributed by atoms with Crippen molar-refractivity contribution in [2.24, 2.45) is 0 Å². The first-order valence-corrected chi connectivity index (χ1v) is 11.8. The van der Waals surface area contributed by atoms with Gasteiger partial charge in [0.25, 0.3) is 5.91 Å². The van der Waals surface area contributed by atoms with Crippen LogP contribution in [0.25, 0.3) is 10.9 Å². The SMILES string of the molecule is CCOc1cc2c(cc1OC)CCN(C(=O)c1ccon1)C2CCc1c[nH]c2ccc(OC)cc12. The van der Waals surface area contributed by atoms with Crippen molar-refractivity contribution in [3.63, 3.8) is 0 Å². The molecule has 35 heavy (non-hydrogen) atoms. The predicted octanol–water partition coefficient (Wildman–Crippen LogP) is 4.94. The van der Waals surface area contributed by atoms with Crippen LogP contribution in [-0.2, 0) is 12.8 Å². The second kappa shape index (κ2) is 9.74. The van der Waals surface area contributed by atoms with E-state index in [0.29, 0.717) is 30.3 Å². The summed E-state index contributed by atoms with van der Waals surface area (Å²) in [6, 6.07) is 11.6. The Morgan fingerprint density at radius 3 is 2.80 bits per heavy atom. The van der Waals surface area contributed by atoms with E-state index in [1.54, 1.807) is 20.3 Å². The Bertz CT molecular complexity index is 1330. The number of fused-ring (bicyclic) bond motifs is 2. The summed E-state index contributed by atoms with van der Waals surface area (Å²) in [5, 5.41) is 5.02. The zero-order valence-corrected chi connectivity index (χ0v) is 20.2. The van der Waals surface area contributed by atoms with Gasteiger partial charge in [-0.25, -0.2) is 0 Å². The van der Waals surface area contributed by atoms with E-state index in [0.717, 1.165) is 41.5 Å². The fraction of sp³-hybridized carbons (Fsp3) is 0.333. The van der Waals surface area contributed by atoms with E-state index in [4.69, 9.17) is 18.7 Å². The molecule has 1 amide bonds. The number of methoxy groups -OCH3 is 2. The largest absolute Gasteiger partial charge is 0.497 e. The highest BCUT2D eigenvalue weighted by Crippen LogP contribution is 2.41. The van der Waals surface area contributed by atoms with Crippen molar-refractivity contribution in [2.75, 3.05) is 27.4 Å². The highest BCUT2D eigenvalue weighted by atomic mass is 16.5. The molecule has 0 saturated carbocycles. The number of hydrogen-bond acceptors (Lipinski definition) is 6. The molecule has 8 heteroatoms. The summed E-state index contributed by atoms with van der Waals surface area (Å²) in [7, 11) is 3.32. The number of ether oxygens (including phenoxy) is 3. The molecule has 1 N–H and O–H groups in total. The van der Waals surface area contributed by atoms with Crippen LogP contribution in [0, 0.1) is 0 Å². The van der Waals surface area contributed by atoms with Gasteiger partial charge in [-0.05, 0) is 73.2 Å². The number of nitrogens with zero attached hydrogens (tertiary/aromatic N) is 2. The van der Waals surface area contributed by atoms with E-state index >= 15 is 0 Å². The van der Waals surface area contributed by atoms with Gasteiger partial charge in [-0.1, -0.05) is 5.16 Å². The third-order valence-electron chi connectivity index (χ3n) is 6.66. The van der Waals surface area contributed by atoms with Crippen LogP contribution in [0.2, 0.25) is 0 Å².